The van der Waals surface area contributed by atoms with Crippen molar-refractivity contribution >= 4 is 5.91 Å². The number of fused-ring (bicyclic) bond motifs is 1. The van der Waals surface area contributed by atoms with Gasteiger partial charge in [-0.15, -0.1) is 0 Å². The van der Waals surface area contributed by atoms with Gasteiger partial charge in [-0.2, -0.15) is 10.2 Å². The molecule has 6 rings (SSSR count). The van der Waals surface area contributed by atoms with Crippen molar-refractivity contribution in [3.63, 3.8) is 0 Å². The Morgan fingerprint density at radius 2 is 1.97 bits per heavy atom. The Morgan fingerprint density at radius 1 is 1.16 bits per heavy atom. The fourth-order valence-electron chi connectivity index (χ4n) is 5.09. The summed E-state index contributed by atoms with van der Waals surface area (Å²) in [4.78, 5) is 15.4. The summed E-state index contributed by atoms with van der Waals surface area (Å²) >= 11 is 0. The van der Waals surface area contributed by atoms with Gasteiger partial charge in [-0.05, 0) is 32.6 Å². The lowest BCUT2D eigenvalue weighted by atomic mass is 9.92. The first-order chi connectivity index (χ1) is 15.1. The number of benzene rings is 1. The number of nitrogens with zero attached hydrogens (tertiary/aromatic N) is 5. The molecule has 31 heavy (non-hydrogen) atoms. The van der Waals surface area contributed by atoms with E-state index >= 15 is 0 Å². The van der Waals surface area contributed by atoms with Crippen LogP contribution in [0.5, 0.6) is 0 Å². The van der Waals surface area contributed by atoms with Crippen molar-refractivity contribution < 1.29 is 4.79 Å². The molecule has 0 radical (unpaired) electrons. The number of carbonyl (C=O) groups is 1. The van der Waals surface area contributed by atoms with Crippen LogP contribution in [0.3, 0.4) is 0 Å². The van der Waals surface area contributed by atoms with Gasteiger partial charge in [0.2, 0.25) is 0 Å². The summed E-state index contributed by atoms with van der Waals surface area (Å²) in [5.74, 6) is 0.584. The van der Waals surface area contributed by atoms with Gasteiger partial charge in [0.05, 0.1) is 41.4 Å². The fourth-order valence-corrected chi connectivity index (χ4v) is 5.09. The van der Waals surface area contributed by atoms with E-state index in [-0.39, 0.29) is 5.91 Å². The highest BCUT2D eigenvalue weighted by atomic mass is 16.2. The monoisotopic (exact) mass is 413 g/mol. The van der Waals surface area contributed by atoms with E-state index in [1.807, 2.05) is 16.6 Å². The second-order valence-electron chi connectivity index (χ2n) is 9.10. The van der Waals surface area contributed by atoms with Gasteiger partial charge in [0.25, 0.3) is 5.91 Å². The molecule has 0 saturated heterocycles. The van der Waals surface area contributed by atoms with E-state index in [0.29, 0.717) is 18.5 Å². The molecule has 2 aliphatic carbocycles. The van der Waals surface area contributed by atoms with Gasteiger partial charge in [-0.3, -0.25) is 14.2 Å². The van der Waals surface area contributed by atoms with E-state index in [9.17, 15) is 4.79 Å². The number of rotatable bonds is 4. The minimum Gasteiger partial charge on any atom is -0.332 e. The van der Waals surface area contributed by atoms with Gasteiger partial charge in [-0.25, -0.2) is 0 Å². The van der Waals surface area contributed by atoms with Crippen LogP contribution in [0.2, 0.25) is 0 Å². The third kappa shape index (κ3) is 2.96. The van der Waals surface area contributed by atoms with Crippen LogP contribution in [0.15, 0.2) is 48.2 Å². The molecule has 0 bridgehead atoms. The molecular formula is C25H27N5O. The summed E-state index contributed by atoms with van der Waals surface area (Å²) in [5.41, 5.74) is 8.00. The van der Waals surface area contributed by atoms with Crippen molar-refractivity contribution in [2.24, 2.45) is 7.05 Å². The smallest absolute Gasteiger partial charge is 0.257 e. The third-order valence-corrected chi connectivity index (χ3v) is 7.06. The van der Waals surface area contributed by atoms with Crippen LogP contribution in [-0.2, 0) is 20.0 Å². The quantitative estimate of drug-likeness (QED) is 0.601. The predicted octanol–water partition coefficient (Wildman–Crippen LogP) is 4.25. The molecule has 2 aromatic heterocycles. The Bertz CT molecular complexity index is 1200. The van der Waals surface area contributed by atoms with Crippen LogP contribution >= 0.6 is 0 Å². The molecule has 6 heteroatoms. The summed E-state index contributed by atoms with van der Waals surface area (Å²) in [6.07, 6.45) is 8.20. The second-order valence-corrected chi connectivity index (χ2v) is 9.10. The molecule has 158 valence electrons. The Kier molecular flexibility index (Phi) is 4.16. The molecule has 3 heterocycles. The zero-order valence-corrected chi connectivity index (χ0v) is 18.1. The number of carbonyl (C=O) groups excluding carboxylic acids is 1. The van der Waals surface area contributed by atoms with Gasteiger partial charge in [-0.1, -0.05) is 42.0 Å². The summed E-state index contributed by atoms with van der Waals surface area (Å²) in [7, 11) is 1.95. The van der Waals surface area contributed by atoms with Crippen LogP contribution in [0.4, 0.5) is 0 Å². The lowest BCUT2D eigenvalue weighted by Gasteiger charge is -2.27. The minimum absolute atomic E-state index is 0.0937. The Morgan fingerprint density at radius 3 is 2.65 bits per heavy atom. The summed E-state index contributed by atoms with van der Waals surface area (Å²) < 4.78 is 4.09. The SMILES string of the molecule is CC1=CCC1n1nc2c(c1-c1ccccc1)CCN(C(=O)c1cnn(C)c1C1CC1)C2. The number of aromatic nitrogens is 4. The van der Waals surface area contributed by atoms with E-state index in [1.165, 1.54) is 22.4 Å². The van der Waals surface area contributed by atoms with Gasteiger partial charge in [0.1, 0.15) is 0 Å². The molecule has 1 aromatic carbocycles. The van der Waals surface area contributed by atoms with Crippen LogP contribution < -0.4 is 0 Å². The van der Waals surface area contributed by atoms with Crippen molar-refractivity contribution in [1.29, 1.82) is 0 Å². The molecular weight excluding hydrogens is 386 g/mol. The van der Waals surface area contributed by atoms with E-state index in [2.05, 4.69) is 53.1 Å². The van der Waals surface area contributed by atoms with Crippen molar-refractivity contribution in [3.05, 3.63) is 70.7 Å². The molecule has 1 saturated carbocycles. The van der Waals surface area contributed by atoms with E-state index < -0.39 is 0 Å². The first kappa shape index (κ1) is 18.6. The molecule has 6 nitrogen and oxygen atoms in total. The first-order valence-electron chi connectivity index (χ1n) is 11.3. The maximum absolute atomic E-state index is 13.4. The second kappa shape index (κ2) is 6.94. The van der Waals surface area contributed by atoms with Crippen molar-refractivity contribution in [1.82, 2.24) is 24.5 Å². The molecule has 1 atom stereocenters. The highest BCUT2D eigenvalue weighted by Gasteiger charge is 2.36. The topological polar surface area (TPSA) is 56.0 Å². The lowest BCUT2D eigenvalue weighted by molar-refractivity contribution is 0.0731. The molecule has 1 aliphatic heterocycles. The van der Waals surface area contributed by atoms with Crippen LogP contribution in [0.1, 0.15) is 65.5 Å². The standard InChI is InChI=1S/C25H27N5O/c1-16-8-11-22(16)30-24(17-6-4-3-5-7-17)19-12-13-29(15-21(19)27-30)25(31)20-14-26-28(2)23(20)18-9-10-18/h3-8,14,18,22H,9-13,15H2,1-2H3. The van der Waals surface area contributed by atoms with Gasteiger partial charge in [0.15, 0.2) is 0 Å². The van der Waals surface area contributed by atoms with E-state index in [4.69, 9.17) is 5.10 Å². The number of amides is 1. The largest absolute Gasteiger partial charge is 0.332 e. The van der Waals surface area contributed by atoms with E-state index in [1.54, 1.807) is 6.20 Å². The van der Waals surface area contributed by atoms with Crippen molar-refractivity contribution in [3.8, 4) is 11.3 Å². The lowest BCUT2D eigenvalue weighted by Crippen LogP contribution is -2.36. The minimum atomic E-state index is 0.0937. The van der Waals surface area contributed by atoms with Gasteiger partial charge in [0, 0.05) is 30.6 Å². The maximum atomic E-state index is 13.4. The van der Waals surface area contributed by atoms with Crippen LogP contribution in [0, 0.1) is 0 Å². The van der Waals surface area contributed by atoms with Crippen molar-refractivity contribution in [2.45, 2.75) is 51.1 Å². The van der Waals surface area contributed by atoms with Crippen molar-refractivity contribution in [2.75, 3.05) is 6.54 Å². The molecule has 0 N–H and O–H groups in total. The number of aryl methyl sites for hydroxylation is 1. The van der Waals surface area contributed by atoms with Gasteiger partial charge >= 0.3 is 0 Å². The van der Waals surface area contributed by atoms with E-state index in [0.717, 1.165) is 49.2 Å². The fraction of sp³-hybridized carbons (Fsp3) is 0.400. The zero-order valence-electron chi connectivity index (χ0n) is 18.1. The molecule has 0 spiro atoms. The molecule has 1 fully saturated rings. The highest BCUT2D eigenvalue weighted by Crippen LogP contribution is 2.42. The normalized spacial score (nSPS) is 20.3. The Labute approximate surface area is 182 Å². The highest BCUT2D eigenvalue weighted by molar-refractivity contribution is 5.95. The summed E-state index contributed by atoms with van der Waals surface area (Å²) in [6, 6.07) is 10.9. The third-order valence-electron chi connectivity index (χ3n) is 7.06. The molecule has 3 aliphatic rings. The van der Waals surface area contributed by atoms with Crippen LogP contribution in [0.25, 0.3) is 11.3 Å². The molecule has 1 unspecified atom stereocenters. The number of hydrogen-bond acceptors (Lipinski definition) is 3. The molecule has 3 aromatic rings. The Balaban J connectivity index is 1.36. The zero-order chi connectivity index (χ0) is 21.1. The predicted molar refractivity (Wildman–Crippen MR) is 119 cm³/mol. The van der Waals surface area contributed by atoms with Gasteiger partial charge < -0.3 is 4.90 Å². The summed E-state index contributed by atoms with van der Waals surface area (Å²) in [6.45, 7) is 3.46. The average molecular weight is 414 g/mol. The molecule has 1 amide bonds. The maximum Gasteiger partial charge on any atom is 0.257 e. The summed E-state index contributed by atoms with van der Waals surface area (Å²) in [5, 5.41) is 9.45. The first-order valence-corrected chi connectivity index (χ1v) is 11.3. The average Bonchev–Trinajstić information content (AvgIpc) is 3.44. The number of allylic oxidation sites excluding steroid dienone is 2. The number of hydrogen-bond donors (Lipinski definition) is 0. The Hall–Kier alpha value is -3.15. The van der Waals surface area contributed by atoms with Crippen LogP contribution in [-0.4, -0.2) is 36.9 Å².